The smallest absolute Gasteiger partial charge is 0.358 e. The number of carboxylic acids is 1. The second-order valence-electron chi connectivity index (χ2n) is 4.32. The zero-order valence-electron chi connectivity index (χ0n) is 11.4. The van der Waals surface area contributed by atoms with E-state index in [1.54, 1.807) is 12.1 Å². The van der Waals surface area contributed by atoms with E-state index in [4.69, 9.17) is 17.3 Å². The van der Waals surface area contributed by atoms with E-state index >= 15 is 0 Å². The van der Waals surface area contributed by atoms with Crippen molar-refractivity contribution in [1.29, 1.82) is 0 Å². The number of nitrogens with two attached hydrogens (primary N) is 1. The van der Waals surface area contributed by atoms with Crippen molar-refractivity contribution in [3.05, 3.63) is 40.7 Å². The lowest BCUT2D eigenvalue weighted by atomic mass is 10.3. The van der Waals surface area contributed by atoms with Crippen LogP contribution in [0, 0.1) is 0 Å². The highest BCUT2D eigenvalue weighted by Gasteiger charge is 2.23. The van der Waals surface area contributed by atoms with Gasteiger partial charge in [0.15, 0.2) is 5.69 Å². The highest BCUT2D eigenvalue weighted by atomic mass is 35.5. The number of hydrogen-bond donors (Lipinski definition) is 2. The van der Waals surface area contributed by atoms with Crippen molar-refractivity contribution in [1.82, 2.24) is 25.3 Å². The predicted molar refractivity (Wildman–Crippen MR) is 81.6 cm³/mol. The van der Waals surface area contributed by atoms with Gasteiger partial charge >= 0.3 is 5.97 Å². The number of halogens is 1. The molecule has 0 amide bonds. The molecule has 2 aromatic heterocycles. The molecule has 9 nitrogen and oxygen atoms in total. The number of aromatic carboxylic acids is 1. The standard InChI is InChI=1S/C12H9ClN6O3S/c13-6-1-3-7(4-2-6)23-5-8-9(12(20)21)15-18-19(8)11-10(14)16-22-17-11/h1-4H,5H2,(H2,14,16)(H,20,21). The lowest BCUT2D eigenvalue weighted by Gasteiger charge is -2.04. The predicted octanol–water partition coefficient (Wildman–Crippen LogP) is 1.88. The van der Waals surface area contributed by atoms with E-state index in [1.165, 1.54) is 16.4 Å². The van der Waals surface area contributed by atoms with E-state index in [-0.39, 0.29) is 23.1 Å². The first-order valence-corrected chi connectivity index (χ1v) is 7.57. The molecule has 0 aliphatic heterocycles. The fourth-order valence-electron chi connectivity index (χ4n) is 1.79. The Balaban J connectivity index is 1.93. The van der Waals surface area contributed by atoms with E-state index in [0.29, 0.717) is 10.7 Å². The van der Waals surface area contributed by atoms with Crippen molar-refractivity contribution in [2.45, 2.75) is 10.6 Å². The summed E-state index contributed by atoms with van der Waals surface area (Å²) in [5.74, 6) is -0.831. The molecule has 3 rings (SSSR count). The van der Waals surface area contributed by atoms with Gasteiger partial charge in [-0.2, -0.15) is 4.68 Å². The van der Waals surface area contributed by atoms with Gasteiger partial charge in [-0.05, 0) is 34.6 Å². The third-order valence-corrected chi connectivity index (χ3v) is 4.13. The van der Waals surface area contributed by atoms with Crippen molar-refractivity contribution < 1.29 is 14.5 Å². The molecule has 0 aliphatic rings. The molecule has 0 saturated carbocycles. The van der Waals surface area contributed by atoms with Gasteiger partial charge in [-0.1, -0.05) is 16.8 Å². The first-order valence-electron chi connectivity index (χ1n) is 6.21. The van der Waals surface area contributed by atoms with E-state index in [9.17, 15) is 9.90 Å². The van der Waals surface area contributed by atoms with Crippen molar-refractivity contribution >= 4 is 35.1 Å². The Morgan fingerprint density at radius 2 is 2.09 bits per heavy atom. The van der Waals surface area contributed by atoms with E-state index in [0.717, 1.165) is 4.90 Å². The molecule has 11 heteroatoms. The van der Waals surface area contributed by atoms with Gasteiger partial charge < -0.3 is 10.8 Å². The topological polar surface area (TPSA) is 133 Å². The van der Waals surface area contributed by atoms with Gasteiger partial charge in [0.2, 0.25) is 11.6 Å². The molecule has 3 aromatic rings. The largest absolute Gasteiger partial charge is 0.476 e. The van der Waals surface area contributed by atoms with Crippen molar-refractivity contribution in [2.24, 2.45) is 0 Å². The Labute approximate surface area is 138 Å². The van der Waals surface area contributed by atoms with Gasteiger partial charge in [0.05, 0.1) is 5.69 Å². The molecular weight excluding hydrogens is 344 g/mol. The lowest BCUT2D eigenvalue weighted by molar-refractivity contribution is 0.0689. The fourth-order valence-corrected chi connectivity index (χ4v) is 2.80. The van der Waals surface area contributed by atoms with Crippen molar-refractivity contribution in [3.63, 3.8) is 0 Å². The minimum absolute atomic E-state index is 0.00965. The van der Waals surface area contributed by atoms with Crippen LogP contribution in [0.4, 0.5) is 5.82 Å². The summed E-state index contributed by atoms with van der Waals surface area (Å²) in [5.41, 5.74) is 5.76. The molecule has 0 aliphatic carbocycles. The molecule has 0 spiro atoms. The van der Waals surface area contributed by atoms with Crippen LogP contribution in [-0.2, 0) is 5.75 Å². The van der Waals surface area contributed by atoms with E-state index in [2.05, 4.69) is 25.3 Å². The highest BCUT2D eigenvalue weighted by Crippen LogP contribution is 2.26. The summed E-state index contributed by atoms with van der Waals surface area (Å²) in [6, 6.07) is 7.15. The maximum atomic E-state index is 11.3. The average Bonchev–Trinajstić information content (AvgIpc) is 3.12. The van der Waals surface area contributed by atoms with Crippen LogP contribution in [0.3, 0.4) is 0 Å². The van der Waals surface area contributed by atoms with Crippen molar-refractivity contribution in [2.75, 3.05) is 5.73 Å². The lowest BCUT2D eigenvalue weighted by Crippen LogP contribution is -2.08. The minimum Gasteiger partial charge on any atom is -0.476 e. The van der Waals surface area contributed by atoms with Crippen LogP contribution in [0.15, 0.2) is 33.8 Å². The Morgan fingerprint density at radius 1 is 1.35 bits per heavy atom. The van der Waals surface area contributed by atoms with Gasteiger partial charge in [0.25, 0.3) is 0 Å². The summed E-state index contributed by atoms with van der Waals surface area (Å²) in [7, 11) is 0. The van der Waals surface area contributed by atoms with E-state index in [1.807, 2.05) is 12.1 Å². The maximum absolute atomic E-state index is 11.3. The molecule has 2 heterocycles. The summed E-state index contributed by atoms with van der Waals surface area (Å²) in [6.07, 6.45) is 0. The van der Waals surface area contributed by atoms with Crippen LogP contribution in [0.25, 0.3) is 5.82 Å². The zero-order chi connectivity index (χ0) is 16.4. The van der Waals surface area contributed by atoms with Crippen LogP contribution in [0.5, 0.6) is 0 Å². The van der Waals surface area contributed by atoms with E-state index < -0.39 is 5.97 Å². The Bertz CT molecular complexity index is 847. The van der Waals surface area contributed by atoms with Gasteiger partial charge in [-0.15, -0.1) is 16.9 Å². The monoisotopic (exact) mass is 352 g/mol. The second kappa shape index (κ2) is 6.26. The molecule has 23 heavy (non-hydrogen) atoms. The Hall–Kier alpha value is -2.59. The number of thioether (sulfide) groups is 1. The first kappa shape index (κ1) is 15.3. The van der Waals surface area contributed by atoms with Crippen LogP contribution in [0.1, 0.15) is 16.2 Å². The fraction of sp³-hybridized carbons (Fsp3) is 0.0833. The first-order chi connectivity index (χ1) is 11.1. The maximum Gasteiger partial charge on any atom is 0.358 e. The molecule has 0 radical (unpaired) electrons. The molecule has 0 atom stereocenters. The van der Waals surface area contributed by atoms with Gasteiger partial charge in [0.1, 0.15) is 0 Å². The highest BCUT2D eigenvalue weighted by molar-refractivity contribution is 7.98. The van der Waals surface area contributed by atoms with Crippen LogP contribution in [0.2, 0.25) is 5.02 Å². The second-order valence-corrected chi connectivity index (χ2v) is 5.80. The SMILES string of the molecule is Nc1nonc1-n1nnc(C(=O)O)c1CSc1ccc(Cl)cc1. The molecular formula is C12H9ClN6O3S. The molecule has 0 saturated heterocycles. The average molecular weight is 353 g/mol. The number of carboxylic acid groups (broad SMARTS) is 1. The molecule has 0 unspecified atom stereocenters. The van der Waals surface area contributed by atoms with Gasteiger partial charge in [-0.25, -0.2) is 9.42 Å². The number of rotatable bonds is 5. The molecule has 3 N–H and O–H groups in total. The van der Waals surface area contributed by atoms with Gasteiger partial charge in [0, 0.05) is 15.7 Å². The molecule has 118 valence electrons. The number of carbonyl (C=O) groups is 1. The third-order valence-electron chi connectivity index (χ3n) is 2.85. The molecule has 0 bridgehead atoms. The molecule has 1 aromatic carbocycles. The van der Waals surface area contributed by atoms with Crippen LogP contribution in [-0.4, -0.2) is 36.4 Å². The van der Waals surface area contributed by atoms with Crippen molar-refractivity contribution in [3.8, 4) is 5.82 Å². The zero-order valence-corrected chi connectivity index (χ0v) is 13.0. The number of anilines is 1. The Morgan fingerprint density at radius 3 is 2.70 bits per heavy atom. The van der Waals surface area contributed by atoms with Crippen LogP contribution < -0.4 is 5.73 Å². The van der Waals surface area contributed by atoms with Crippen LogP contribution >= 0.6 is 23.4 Å². The number of aromatic nitrogens is 5. The number of hydrogen-bond acceptors (Lipinski definition) is 8. The summed E-state index contributed by atoms with van der Waals surface area (Å²) >= 11 is 7.23. The number of benzene rings is 1. The minimum atomic E-state index is -1.20. The summed E-state index contributed by atoms with van der Waals surface area (Å²) in [4.78, 5) is 12.2. The normalized spacial score (nSPS) is 10.8. The Kier molecular flexibility index (Phi) is 4.17. The summed E-state index contributed by atoms with van der Waals surface area (Å²) in [6.45, 7) is 0. The number of nitrogens with zero attached hydrogens (tertiary/aromatic N) is 5. The quantitative estimate of drug-likeness (QED) is 0.660. The summed E-state index contributed by atoms with van der Waals surface area (Å²) < 4.78 is 5.72. The number of nitrogen functional groups attached to an aromatic ring is 1. The summed E-state index contributed by atoms with van der Waals surface area (Å²) in [5, 5.41) is 24.4. The molecule has 0 fully saturated rings. The third kappa shape index (κ3) is 3.12. The van der Waals surface area contributed by atoms with Gasteiger partial charge in [-0.3, -0.25) is 0 Å².